The number of methoxy groups -OCH3 is 1. The first kappa shape index (κ1) is 17.4. The van der Waals surface area contributed by atoms with Crippen molar-refractivity contribution in [3.05, 3.63) is 29.8 Å². The third-order valence-corrected chi connectivity index (χ3v) is 2.93. The van der Waals surface area contributed by atoms with Gasteiger partial charge in [-0.05, 0) is 37.7 Å². The van der Waals surface area contributed by atoms with Crippen molar-refractivity contribution < 1.29 is 14.3 Å². The summed E-state index contributed by atoms with van der Waals surface area (Å²) in [5.74, 6) is 0.704. The summed E-state index contributed by atoms with van der Waals surface area (Å²) < 4.78 is 10.4. The van der Waals surface area contributed by atoms with Crippen LogP contribution in [-0.2, 0) is 9.53 Å². The molecule has 116 valence electrons. The van der Waals surface area contributed by atoms with Crippen LogP contribution in [0, 0.1) is 6.92 Å². The Labute approximate surface area is 131 Å². The zero-order valence-corrected chi connectivity index (χ0v) is 13.3. The second-order valence-electron chi connectivity index (χ2n) is 4.56. The second-order valence-corrected chi connectivity index (χ2v) is 4.97. The Bertz CT molecular complexity index is 449. The standard InChI is InChI=1S/C15H22N2O3S/c1-12-5-7-13(8-6-12)20-10-3-4-14(18)17-15(21)16-9-11-19-2/h5-8H,3-4,9-11H2,1-2H3,(H2,16,17,18,21). The molecule has 0 heterocycles. The lowest BCUT2D eigenvalue weighted by molar-refractivity contribution is -0.119. The van der Waals surface area contributed by atoms with Crippen LogP contribution < -0.4 is 15.4 Å². The Morgan fingerprint density at radius 1 is 1.24 bits per heavy atom. The lowest BCUT2D eigenvalue weighted by Crippen LogP contribution is -2.40. The molecule has 0 bridgehead atoms. The zero-order chi connectivity index (χ0) is 15.5. The van der Waals surface area contributed by atoms with Crippen LogP contribution in [0.3, 0.4) is 0 Å². The van der Waals surface area contributed by atoms with Gasteiger partial charge in [0.15, 0.2) is 5.11 Å². The van der Waals surface area contributed by atoms with Crippen molar-refractivity contribution >= 4 is 23.2 Å². The minimum absolute atomic E-state index is 0.113. The number of aryl methyl sites for hydroxylation is 1. The highest BCUT2D eigenvalue weighted by atomic mass is 32.1. The van der Waals surface area contributed by atoms with E-state index in [1.807, 2.05) is 31.2 Å². The van der Waals surface area contributed by atoms with E-state index < -0.39 is 0 Å². The lowest BCUT2D eigenvalue weighted by Gasteiger charge is -2.09. The van der Waals surface area contributed by atoms with Gasteiger partial charge in [-0.1, -0.05) is 17.7 Å². The van der Waals surface area contributed by atoms with Crippen molar-refractivity contribution in [1.82, 2.24) is 10.6 Å². The zero-order valence-electron chi connectivity index (χ0n) is 12.5. The number of carbonyl (C=O) groups excluding carboxylic acids is 1. The summed E-state index contributed by atoms with van der Waals surface area (Å²) in [4.78, 5) is 11.6. The van der Waals surface area contributed by atoms with E-state index in [9.17, 15) is 4.79 Å². The molecular formula is C15H22N2O3S. The SMILES string of the molecule is COCCNC(=S)NC(=O)CCCOc1ccc(C)cc1. The summed E-state index contributed by atoms with van der Waals surface area (Å²) in [5, 5.41) is 5.82. The van der Waals surface area contributed by atoms with E-state index in [-0.39, 0.29) is 5.91 Å². The number of benzene rings is 1. The average Bonchev–Trinajstić information content (AvgIpc) is 2.46. The molecule has 0 aliphatic carbocycles. The molecule has 1 rings (SSSR count). The monoisotopic (exact) mass is 310 g/mol. The molecule has 6 heteroatoms. The quantitative estimate of drug-likeness (QED) is 0.566. The number of ether oxygens (including phenoxy) is 2. The number of thiocarbonyl (C=S) groups is 1. The molecule has 0 spiro atoms. The molecule has 0 aliphatic rings. The Hall–Kier alpha value is -1.66. The molecule has 1 amide bonds. The van der Waals surface area contributed by atoms with Gasteiger partial charge in [0, 0.05) is 20.1 Å². The van der Waals surface area contributed by atoms with Gasteiger partial charge in [0.2, 0.25) is 5.91 Å². The maximum atomic E-state index is 11.6. The highest BCUT2D eigenvalue weighted by molar-refractivity contribution is 7.80. The number of amides is 1. The molecule has 0 unspecified atom stereocenters. The van der Waals surface area contributed by atoms with Gasteiger partial charge in [-0.25, -0.2) is 0 Å². The average molecular weight is 310 g/mol. The van der Waals surface area contributed by atoms with Gasteiger partial charge in [0.1, 0.15) is 5.75 Å². The first-order valence-electron chi connectivity index (χ1n) is 6.88. The van der Waals surface area contributed by atoms with Crippen LogP contribution in [0.25, 0.3) is 0 Å². The predicted octanol–water partition coefficient (Wildman–Crippen LogP) is 1.79. The van der Waals surface area contributed by atoms with Gasteiger partial charge in [-0.15, -0.1) is 0 Å². The maximum Gasteiger partial charge on any atom is 0.226 e. The first-order chi connectivity index (χ1) is 10.1. The van der Waals surface area contributed by atoms with E-state index in [0.29, 0.717) is 37.7 Å². The van der Waals surface area contributed by atoms with Crippen LogP contribution in [0.2, 0.25) is 0 Å². The van der Waals surface area contributed by atoms with Gasteiger partial charge in [-0.3, -0.25) is 4.79 Å². The van der Waals surface area contributed by atoms with E-state index in [4.69, 9.17) is 21.7 Å². The van der Waals surface area contributed by atoms with Crippen LogP contribution in [-0.4, -0.2) is 37.9 Å². The molecule has 2 N–H and O–H groups in total. The second kappa shape index (κ2) is 10.1. The molecule has 1 aromatic rings. The van der Waals surface area contributed by atoms with E-state index in [2.05, 4.69) is 10.6 Å². The lowest BCUT2D eigenvalue weighted by atomic mass is 10.2. The fraction of sp³-hybridized carbons (Fsp3) is 0.467. The van der Waals surface area contributed by atoms with E-state index >= 15 is 0 Å². The Kier molecular flexibility index (Phi) is 8.38. The van der Waals surface area contributed by atoms with Crippen molar-refractivity contribution in [2.75, 3.05) is 26.9 Å². The van der Waals surface area contributed by atoms with E-state index in [0.717, 1.165) is 5.75 Å². The molecule has 5 nitrogen and oxygen atoms in total. The van der Waals surface area contributed by atoms with Crippen molar-refractivity contribution in [2.45, 2.75) is 19.8 Å². The summed E-state index contributed by atoms with van der Waals surface area (Å²) in [7, 11) is 1.61. The highest BCUT2D eigenvalue weighted by Crippen LogP contribution is 2.11. The van der Waals surface area contributed by atoms with Crippen molar-refractivity contribution in [1.29, 1.82) is 0 Å². The van der Waals surface area contributed by atoms with Gasteiger partial charge in [0.05, 0.1) is 13.2 Å². The molecule has 0 radical (unpaired) electrons. The van der Waals surface area contributed by atoms with Gasteiger partial charge in [-0.2, -0.15) is 0 Å². The first-order valence-corrected chi connectivity index (χ1v) is 7.28. The molecular weight excluding hydrogens is 288 g/mol. The highest BCUT2D eigenvalue weighted by Gasteiger charge is 2.04. The van der Waals surface area contributed by atoms with Crippen molar-refractivity contribution in [3.63, 3.8) is 0 Å². The number of nitrogens with one attached hydrogen (secondary N) is 2. The minimum atomic E-state index is -0.113. The summed E-state index contributed by atoms with van der Waals surface area (Å²) >= 11 is 4.98. The number of hydrogen-bond acceptors (Lipinski definition) is 4. The smallest absolute Gasteiger partial charge is 0.226 e. The Morgan fingerprint density at radius 2 is 1.95 bits per heavy atom. The van der Waals surface area contributed by atoms with Gasteiger partial charge in [0.25, 0.3) is 0 Å². The summed E-state index contributed by atoms with van der Waals surface area (Å²) in [5.41, 5.74) is 1.19. The Morgan fingerprint density at radius 3 is 2.62 bits per heavy atom. The molecule has 0 aromatic heterocycles. The Balaban J connectivity index is 2.10. The molecule has 0 fully saturated rings. The summed E-state index contributed by atoms with van der Waals surface area (Å²) in [6.45, 7) is 3.64. The van der Waals surface area contributed by atoms with E-state index in [1.165, 1.54) is 5.56 Å². The molecule has 0 saturated carbocycles. The van der Waals surface area contributed by atoms with Crippen molar-refractivity contribution in [2.24, 2.45) is 0 Å². The number of hydrogen-bond donors (Lipinski definition) is 2. The van der Waals surface area contributed by atoms with Crippen molar-refractivity contribution in [3.8, 4) is 5.75 Å². The van der Waals surface area contributed by atoms with Gasteiger partial charge < -0.3 is 20.1 Å². The largest absolute Gasteiger partial charge is 0.494 e. The van der Waals surface area contributed by atoms with Crippen LogP contribution in [0.1, 0.15) is 18.4 Å². The van der Waals surface area contributed by atoms with Crippen LogP contribution >= 0.6 is 12.2 Å². The molecule has 1 aromatic carbocycles. The third kappa shape index (κ3) is 8.27. The normalized spacial score (nSPS) is 10.0. The minimum Gasteiger partial charge on any atom is -0.494 e. The fourth-order valence-electron chi connectivity index (χ4n) is 1.56. The molecule has 21 heavy (non-hydrogen) atoms. The van der Waals surface area contributed by atoms with E-state index in [1.54, 1.807) is 7.11 Å². The fourth-order valence-corrected chi connectivity index (χ4v) is 1.77. The van der Waals surface area contributed by atoms with Gasteiger partial charge >= 0.3 is 0 Å². The summed E-state index contributed by atoms with van der Waals surface area (Å²) in [6.07, 6.45) is 1.01. The third-order valence-electron chi connectivity index (χ3n) is 2.68. The number of carbonyl (C=O) groups is 1. The molecule has 0 aliphatic heterocycles. The topological polar surface area (TPSA) is 59.6 Å². The van der Waals surface area contributed by atoms with Crippen LogP contribution in [0.5, 0.6) is 5.75 Å². The van der Waals surface area contributed by atoms with Crippen LogP contribution in [0.4, 0.5) is 0 Å². The maximum absolute atomic E-state index is 11.6. The molecule has 0 saturated heterocycles. The number of rotatable bonds is 8. The predicted molar refractivity (Wildman–Crippen MR) is 86.5 cm³/mol. The van der Waals surface area contributed by atoms with Crippen LogP contribution in [0.15, 0.2) is 24.3 Å². The molecule has 0 atom stereocenters. The summed E-state index contributed by atoms with van der Waals surface area (Å²) in [6, 6.07) is 7.83.